The molecule has 0 spiro atoms. The highest BCUT2D eigenvalue weighted by Gasteiger charge is 2.53. The van der Waals surface area contributed by atoms with Gasteiger partial charge < -0.3 is 10.1 Å². The zero-order valence-electron chi connectivity index (χ0n) is 12.8. The number of ether oxygens (including phenoxy) is 1. The molecule has 2 fully saturated rings. The van der Waals surface area contributed by atoms with Crippen LogP contribution in [0.4, 0.5) is 0 Å². The van der Waals surface area contributed by atoms with Gasteiger partial charge in [-0.25, -0.2) is 4.79 Å². The van der Waals surface area contributed by atoms with Crippen LogP contribution in [0.25, 0.3) is 0 Å². The molecule has 3 rings (SSSR count). The van der Waals surface area contributed by atoms with E-state index < -0.39 is 5.69 Å². The third-order valence-corrected chi connectivity index (χ3v) is 5.21. The number of rotatable bonds is 2. The summed E-state index contributed by atoms with van der Waals surface area (Å²) in [5.41, 5.74) is -0.388. The van der Waals surface area contributed by atoms with Gasteiger partial charge in [0.05, 0.1) is 11.6 Å². The minimum Gasteiger partial charge on any atom is -0.349 e. The summed E-state index contributed by atoms with van der Waals surface area (Å²) >= 11 is 0. The Morgan fingerprint density at radius 3 is 2.95 bits per heavy atom. The van der Waals surface area contributed by atoms with Crippen molar-refractivity contribution in [3.05, 3.63) is 32.6 Å². The van der Waals surface area contributed by atoms with Gasteiger partial charge in [-0.3, -0.25) is 14.3 Å². The summed E-state index contributed by atoms with van der Waals surface area (Å²) < 4.78 is 7.89. The minimum absolute atomic E-state index is 0.0930. The molecule has 0 radical (unpaired) electrons. The zero-order chi connectivity index (χ0) is 15.2. The van der Waals surface area contributed by atoms with E-state index in [1.165, 1.54) is 4.57 Å². The second kappa shape index (κ2) is 5.10. The topological polar surface area (TPSA) is 76.1 Å². The van der Waals surface area contributed by atoms with E-state index >= 15 is 0 Å². The van der Waals surface area contributed by atoms with Crippen molar-refractivity contribution in [2.45, 2.75) is 57.9 Å². The molecule has 4 atom stereocenters. The lowest BCUT2D eigenvalue weighted by molar-refractivity contribution is -0.0971. The highest BCUT2D eigenvalue weighted by Crippen LogP contribution is 2.47. The smallest absolute Gasteiger partial charge is 0.330 e. The molecule has 0 saturated carbocycles. The van der Waals surface area contributed by atoms with Gasteiger partial charge in [0.25, 0.3) is 5.56 Å². The van der Waals surface area contributed by atoms with Gasteiger partial charge in [0.15, 0.2) is 6.23 Å². The van der Waals surface area contributed by atoms with E-state index in [-0.39, 0.29) is 23.4 Å². The van der Waals surface area contributed by atoms with E-state index in [1.54, 1.807) is 13.1 Å². The largest absolute Gasteiger partial charge is 0.349 e. The standard InChI is InChI=1S/C15H23N3O3/c1-4-15-6-5-7-16-11(10(15)3)13(21-15)18-8-9(2)12(19)17-14(18)20/h8,10-11,13,16H,4-7H2,1-3H3,(H,17,19,20)/t10-,11+,13+,15-/m0/s1. The van der Waals surface area contributed by atoms with E-state index in [4.69, 9.17) is 4.74 Å². The number of nitrogens with zero attached hydrogens (tertiary/aromatic N) is 1. The number of hydrogen-bond acceptors (Lipinski definition) is 4. The summed E-state index contributed by atoms with van der Waals surface area (Å²) in [4.78, 5) is 26.1. The number of aryl methyl sites for hydroxylation is 1. The van der Waals surface area contributed by atoms with Crippen LogP contribution in [0.15, 0.2) is 15.8 Å². The van der Waals surface area contributed by atoms with Gasteiger partial charge in [0.2, 0.25) is 0 Å². The molecule has 3 heterocycles. The average molecular weight is 293 g/mol. The molecule has 6 nitrogen and oxygen atoms in total. The first-order valence-electron chi connectivity index (χ1n) is 7.72. The maximum Gasteiger partial charge on any atom is 0.330 e. The summed E-state index contributed by atoms with van der Waals surface area (Å²) in [7, 11) is 0. The molecular weight excluding hydrogens is 270 g/mol. The Morgan fingerprint density at radius 1 is 1.48 bits per heavy atom. The van der Waals surface area contributed by atoms with Gasteiger partial charge >= 0.3 is 5.69 Å². The molecule has 2 aliphatic rings. The van der Waals surface area contributed by atoms with Crippen LogP contribution in [0.5, 0.6) is 0 Å². The Morgan fingerprint density at radius 2 is 2.24 bits per heavy atom. The second-order valence-electron chi connectivity index (χ2n) is 6.28. The molecule has 2 N–H and O–H groups in total. The average Bonchev–Trinajstić information content (AvgIpc) is 2.59. The Hall–Kier alpha value is -1.40. The van der Waals surface area contributed by atoms with Gasteiger partial charge in [-0.15, -0.1) is 0 Å². The molecule has 2 aliphatic heterocycles. The SMILES string of the molecule is CC[C@@]12CCCN[C@@H]([C@H](n3cc(C)c(=O)[nH]c3=O)O1)[C@@H]2C. The highest BCUT2D eigenvalue weighted by atomic mass is 16.5. The molecule has 2 bridgehead atoms. The molecule has 116 valence electrons. The molecular formula is C15H23N3O3. The molecule has 0 amide bonds. The number of aromatic amines is 1. The van der Waals surface area contributed by atoms with Gasteiger partial charge in [-0.2, -0.15) is 0 Å². The van der Waals surface area contributed by atoms with Crippen LogP contribution in [0.1, 0.15) is 44.9 Å². The molecule has 1 aromatic rings. The Kier molecular flexibility index (Phi) is 3.53. The van der Waals surface area contributed by atoms with Crippen LogP contribution in [-0.4, -0.2) is 27.7 Å². The highest BCUT2D eigenvalue weighted by molar-refractivity contribution is 5.07. The fourth-order valence-electron chi connectivity index (χ4n) is 3.80. The van der Waals surface area contributed by atoms with Gasteiger partial charge in [-0.1, -0.05) is 13.8 Å². The van der Waals surface area contributed by atoms with Crippen LogP contribution >= 0.6 is 0 Å². The number of hydrogen-bond donors (Lipinski definition) is 2. The molecule has 0 unspecified atom stereocenters. The first-order chi connectivity index (χ1) is 9.98. The minimum atomic E-state index is -0.401. The van der Waals surface area contributed by atoms with Crippen LogP contribution in [0, 0.1) is 12.8 Å². The van der Waals surface area contributed by atoms with Crippen molar-refractivity contribution in [3.63, 3.8) is 0 Å². The summed E-state index contributed by atoms with van der Waals surface area (Å²) in [5, 5.41) is 3.51. The summed E-state index contributed by atoms with van der Waals surface area (Å²) in [5.74, 6) is 0.328. The molecule has 2 saturated heterocycles. The third-order valence-electron chi connectivity index (χ3n) is 5.21. The van der Waals surface area contributed by atoms with Crippen LogP contribution in [0.2, 0.25) is 0 Å². The first-order valence-corrected chi connectivity index (χ1v) is 7.72. The second-order valence-corrected chi connectivity index (χ2v) is 6.28. The predicted molar refractivity (Wildman–Crippen MR) is 79.4 cm³/mol. The summed E-state index contributed by atoms with van der Waals surface area (Å²) in [6, 6.07) is 0.0930. The number of nitrogens with one attached hydrogen (secondary N) is 2. The zero-order valence-corrected chi connectivity index (χ0v) is 12.8. The third kappa shape index (κ3) is 2.17. The molecule has 0 aromatic carbocycles. The van der Waals surface area contributed by atoms with E-state index in [1.807, 2.05) is 0 Å². The predicted octanol–water partition coefficient (Wildman–Crippen LogP) is 0.911. The van der Waals surface area contributed by atoms with Crippen molar-refractivity contribution in [2.75, 3.05) is 6.54 Å². The van der Waals surface area contributed by atoms with Crippen molar-refractivity contribution in [1.82, 2.24) is 14.9 Å². The fraction of sp³-hybridized carbons (Fsp3) is 0.733. The maximum absolute atomic E-state index is 12.2. The van der Waals surface area contributed by atoms with E-state index in [9.17, 15) is 9.59 Å². The van der Waals surface area contributed by atoms with Crippen molar-refractivity contribution < 1.29 is 4.74 Å². The maximum atomic E-state index is 12.2. The molecule has 21 heavy (non-hydrogen) atoms. The Bertz CT molecular complexity index is 650. The van der Waals surface area contributed by atoms with Gasteiger partial charge in [-0.05, 0) is 32.7 Å². The van der Waals surface area contributed by atoms with Crippen LogP contribution < -0.4 is 16.6 Å². The van der Waals surface area contributed by atoms with Crippen molar-refractivity contribution in [1.29, 1.82) is 0 Å². The lowest BCUT2D eigenvalue weighted by Gasteiger charge is -2.31. The number of H-pyrrole nitrogens is 1. The number of fused-ring (bicyclic) bond motifs is 2. The Labute approximate surface area is 123 Å². The quantitative estimate of drug-likeness (QED) is 0.850. The lowest BCUT2D eigenvalue weighted by atomic mass is 9.82. The number of aromatic nitrogens is 2. The van der Waals surface area contributed by atoms with E-state index in [2.05, 4.69) is 24.1 Å². The molecule has 0 aliphatic carbocycles. The van der Waals surface area contributed by atoms with Crippen molar-refractivity contribution in [2.24, 2.45) is 5.92 Å². The van der Waals surface area contributed by atoms with E-state index in [0.717, 1.165) is 25.8 Å². The van der Waals surface area contributed by atoms with Gasteiger partial charge in [0, 0.05) is 17.7 Å². The molecule has 6 heteroatoms. The van der Waals surface area contributed by atoms with Crippen molar-refractivity contribution in [3.8, 4) is 0 Å². The van der Waals surface area contributed by atoms with Crippen LogP contribution in [-0.2, 0) is 4.74 Å². The van der Waals surface area contributed by atoms with E-state index in [0.29, 0.717) is 11.5 Å². The summed E-state index contributed by atoms with van der Waals surface area (Å²) in [6.07, 6.45) is 4.27. The van der Waals surface area contributed by atoms with Crippen LogP contribution in [0.3, 0.4) is 0 Å². The Balaban J connectivity index is 2.06. The van der Waals surface area contributed by atoms with Gasteiger partial charge in [0.1, 0.15) is 0 Å². The van der Waals surface area contributed by atoms with Crippen molar-refractivity contribution >= 4 is 0 Å². The first kappa shape index (κ1) is 14.5. The lowest BCUT2D eigenvalue weighted by Crippen LogP contribution is -2.43. The monoisotopic (exact) mass is 293 g/mol. The fourth-order valence-corrected chi connectivity index (χ4v) is 3.80. The molecule has 1 aromatic heterocycles. The normalized spacial score (nSPS) is 35.7. The summed E-state index contributed by atoms with van der Waals surface area (Å²) in [6.45, 7) is 6.97.